The van der Waals surface area contributed by atoms with Crippen molar-refractivity contribution in [3.8, 4) is 11.5 Å². The summed E-state index contributed by atoms with van der Waals surface area (Å²) >= 11 is 0. The molecule has 1 aliphatic carbocycles. The van der Waals surface area contributed by atoms with Crippen LogP contribution in [-0.4, -0.2) is 50.6 Å². The molecular weight excluding hydrogens is 334 g/mol. The van der Waals surface area contributed by atoms with Gasteiger partial charge in [0.2, 0.25) is 11.8 Å². The molecule has 2 amide bonds. The Bertz CT molecular complexity index is 711. The minimum Gasteiger partial charge on any atom is -0.497 e. The number of anilines is 1. The molecule has 3 rings (SSSR count). The van der Waals surface area contributed by atoms with Crippen LogP contribution in [0.15, 0.2) is 18.2 Å². The number of amides is 2. The van der Waals surface area contributed by atoms with E-state index in [1.54, 1.807) is 32.4 Å². The Kier molecular flexibility index (Phi) is 4.60. The van der Waals surface area contributed by atoms with Gasteiger partial charge in [0, 0.05) is 37.0 Å². The number of fused-ring (bicyclic) bond motifs is 1. The lowest BCUT2D eigenvalue weighted by Crippen LogP contribution is -2.59. The molecular formula is C19H27N3O4. The average molecular weight is 361 g/mol. The third-order valence-electron chi connectivity index (χ3n) is 5.82. The van der Waals surface area contributed by atoms with Gasteiger partial charge in [0.25, 0.3) is 0 Å². The van der Waals surface area contributed by atoms with Gasteiger partial charge in [-0.05, 0) is 17.8 Å². The van der Waals surface area contributed by atoms with E-state index in [1.165, 1.54) is 0 Å². The number of primary amides is 1. The summed E-state index contributed by atoms with van der Waals surface area (Å²) in [6.07, 6.45) is 0.783. The summed E-state index contributed by atoms with van der Waals surface area (Å²) < 4.78 is 10.4. The summed E-state index contributed by atoms with van der Waals surface area (Å²) in [4.78, 5) is 26.5. The van der Waals surface area contributed by atoms with E-state index in [1.807, 2.05) is 4.90 Å². The van der Waals surface area contributed by atoms with E-state index in [2.05, 4.69) is 19.2 Å². The SMILES string of the molecule is COc1cc(NC(=O)CN2C[C@@H]3C(C)(C)C[C@]3(C(N)=O)C2)cc(OC)c1. The van der Waals surface area contributed by atoms with Crippen LogP contribution >= 0.6 is 0 Å². The van der Waals surface area contributed by atoms with Crippen LogP contribution in [-0.2, 0) is 9.59 Å². The number of hydrogen-bond acceptors (Lipinski definition) is 5. The Balaban J connectivity index is 1.66. The Morgan fingerprint density at radius 3 is 2.31 bits per heavy atom. The number of likely N-dealkylation sites (tertiary alicyclic amines) is 1. The highest BCUT2D eigenvalue weighted by molar-refractivity contribution is 5.93. The Labute approximate surface area is 153 Å². The van der Waals surface area contributed by atoms with E-state index in [4.69, 9.17) is 15.2 Å². The lowest BCUT2D eigenvalue weighted by molar-refractivity contribution is -0.148. The van der Waals surface area contributed by atoms with Crippen molar-refractivity contribution < 1.29 is 19.1 Å². The largest absolute Gasteiger partial charge is 0.497 e. The topological polar surface area (TPSA) is 93.9 Å². The zero-order chi connectivity index (χ0) is 19.1. The number of nitrogens with zero attached hydrogens (tertiary/aromatic N) is 1. The lowest BCUT2D eigenvalue weighted by atomic mass is 9.48. The lowest BCUT2D eigenvalue weighted by Gasteiger charge is -2.54. The van der Waals surface area contributed by atoms with Crippen LogP contribution < -0.4 is 20.5 Å². The maximum absolute atomic E-state index is 12.5. The normalized spacial score (nSPS) is 26.5. The van der Waals surface area contributed by atoms with E-state index in [-0.39, 0.29) is 29.7 Å². The second-order valence-corrected chi connectivity index (χ2v) is 8.06. The standard InChI is InChI=1S/C19H27N3O4/c1-18(2)10-19(17(20)24)11-22(8-15(18)19)9-16(23)21-12-5-13(25-3)7-14(6-12)26-4/h5-7,15H,8-11H2,1-4H3,(H2,20,24)(H,21,23)/t15-,19+/m1/s1. The number of carbonyl (C=O) groups excluding carboxylic acids is 2. The fourth-order valence-corrected chi connectivity index (χ4v) is 4.73. The zero-order valence-corrected chi connectivity index (χ0v) is 15.8. The zero-order valence-electron chi connectivity index (χ0n) is 15.8. The number of methoxy groups -OCH3 is 2. The molecule has 2 atom stereocenters. The highest BCUT2D eigenvalue weighted by Crippen LogP contribution is 2.62. The molecule has 1 saturated carbocycles. The molecule has 1 aromatic rings. The van der Waals surface area contributed by atoms with Gasteiger partial charge >= 0.3 is 0 Å². The van der Waals surface area contributed by atoms with Crippen LogP contribution in [0.4, 0.5) is 5.69 Å². The number of benzene rings is 1. The van der Waals surface area contributed by atoms with Crippen LogP contribution in [0.3, 0.4) is 0 Å². The third kappa shape index (κ3) is 3.11. The smallest absolute Gasteiger partial charge is 0.238 e. The van der Waals surface area contributed by atoms with Crippen molar-refractivity contribution in [3.63, 3.8) is 0 Å². The van der Waals surface area contributed by atoms with Crippen molar-refractivity contribution in [2.45, 2.75) is 20.3 Å². The van der Waals surface area contributed by atoms with Gasteiger partial charge in [-0.25, -0.2) is 0 Å². The number of rotatable bonds is 6. The van der Waals surface area contributed by atoms with Crippen LogP contribution in [0.25, 0.3) is 0 Å². The third-order valence-corrected chi connectivity index (χ3v) is 5.82. The fraction of sp³-hybridized carbons (Fsp3) is 0.579. The van der Waals surface area contributed by atoms with E-state index in [0.29, 0.717) is 30.3 Å². The molecule has 2 aliphatic rings. The van der Waals surface area contributed by atoms with Crippen molar-refractivity contribution in [2.24, 2.45) is 22.5 Å². The Hall–Kier alpha value is -2.28. The molecule has 0 bridgehead atoms. The summed E-state index contributed by atoms with van der Waals surface area (Å²) in [6.45, 7) is 5.80. The average Bonchev–Trinajstić information content (AvgIpc) is 2.89. The summed E-state index contributed by atoms with van der Waals surface area (Å²) in [7, 11) is 3.12. The van der Waals surface area contributed by atoms with E-state index >= 15 is 0 Å². The molecule has 1 aromatic carbocycles. The predicted octanol–water partition coefficient (Wildman–Crippen LogP) is 1.48. The maximum Gasteiger partial charge on any atom is 0.238 e. The van der Waals surface area contributed by atoms with Gasteiger partial charge in [-0.1, -0.05) is 13.8 Å². The van der Waals surface area contributed by atoms with Gasteiger partial charge in [-0.15, -0.1) is 0 Å². The van der Waals surface area contributed by atoms with Gasteiger partial charge in [0.05, 0.1) is 26.2 Å². The van der Waals surface area contributed by atoms with Crippen LogP contribution in [0, 0.1) is 16.7 Å². The van der Waals surface area contributed by atoms with Gasteiger partial charge in [0.1, 0.15) is 11.5 Å². The molecule has 1 heterocycles. The molecule has 1 aliphatic heterocycles. The van der Waals surface area contributed by atoms with Crippen molar-refractivity contribution in [1.29, 1.82) is 0 Å². The van der Waals surface area contributed by atoms with E-state index in [0.717, 1.165) is 6.42 Å². The molecule has 142 valence electrons. The first-order valence-corrected chi connectivity index (χ1v) is 8.75. The molecule has 0 aromatic heterocycles. The minimum absolute atomic E-state index is 0.0837. The first kappa shape index (κ1) is 18.5. The van der Waals surface area contributed by atoms with Gasteiger partial charge < -0.3 is 20.5 Å². The molecule has 0 spiro atoms. The number of nitrogens with one attached hydrogen (secondary N) is 1. The quantitative estimate of drug-likeness (QED) is 0.800. The molecule has 2 fully saturated rings. The fourth-order valence-electron chi connectivity index (χ4n) is 4.73. The van der Waals surface area contributed by atoms with Gasteiger partial charge in [-0.2, -0.15) is 0 Å². The van der Waals surface area contributed by atoms with Crippen molar-refractivity contribution >= 4 is 17.5 Å². The van der Waals surface area contributed by atoms with Crippen LogP contribution in [0.5, 0.6) is 11.5 Å². The second kappa shape index (κ2) is 6.46. The molecule has 3 N–H and O–H groups in total. The number of hydrogen-bond donors (Lipinski definition) is 2. The second-order valence-electron chi connectivity index (χ2n) is 8.06. The highest BCUT2D eigenvalue weighted by atomic mass is 16.5. The predicted molar refractivity (Wildman–Crippen MR) is 98.1 cm³/mol. The minimum atomic E-state index is -0.483. The summed E-state index contributed by atoms with van der Waals surface area (Å²) in [5, 5.41) is 2.87. The van der Waals surface area contributed by atoms with E-state index in [9.17, 15) is 9.59 Å². The number of ether oxygens (including phenoxy) is 2. The molecule has 7 heteroatoms. The molecule has 1 saturated heterocycles. The van der Waals surface area contributed by atoms with E-state index < -0.39 is 5.41 Å². The number of carbonyl (C=O) groups is 2. The first-order valence-electron chi connectivity index (χ1n) is 8.75. The Morgan fingerprint density at radius 2 is 1.85 bits per heavy atom. The van der Waals surface area contributed by atoms with Crippen LogP contribution in [0.1, 0.15) is 20.3 Å². The van der Waals surface area contributed by atoms with Crippen molar-refractivity contribution in [2.75, 3.05) is 39.2 Å². The molecule has 7 nitrogen and oxygen atoms in total. The van der Waals surface area contributed by atoms with Gasteiger partial charge in [-0.3, -0.25) is 14.5 Å². The summed E-state index contributed by atoms with van der Waals surface area (Å²) in [5.41, 5.74) is 5.89. The molecule has 0 radical (unpaired) electrons. The molecule has 26 heavy (non-hydrogen) atoms. The maximum atomic E-state index is 12.5. The monoisotopic (exact) mass is 361 g/mol. The molecule has 0 unspecified atom stereocenters. The number of nitrogens with two attached hydrogens (primary N) is 1. The summed E-state index contributed by atoms with van der Waals surface area (Å²) in [5.74, 6) is 1.03. The first-order chi connectivity index (χ1) is 12.2. The van der Waals surface area contributed by atoms with Crippen molar-refractivity contribution in [1.82, 2.24) is 4.90 Å². The summed E-state index contributed by atoms with van der Waals surface area (Å²) in [6, 6.07) is 5.22. The highest BCUT2D eigenvalue weighted by Gasteiger charge is 2.65. The van der Waals surface area contributed by atoms with Crippen molar-refractivity contribution in [3.05, 3.63) is 18.2 Å². The van der Waals surface area contributed by atoms with Gasteiger partial charge in [0.15, 0.2) is 0 Å². The Morgan fingerprint density at radius 1 is 1.23 bits per heavy atom. The van der Waals surface area contributed by atoms with Crippen LogP contribution in [0.2, 0.25) is 0 Å².